The molecule has 0 bridgehead atoms. The number of nitrogens with two attached hydrogens (primary N) is 1. The second kappa shape index (κ2) is 5.24. The molecule has 0 aliphatic carbocycles. The molecule has 0 aliphatic rings. The zero-order valence-electron chi connectivity index (χ0n) is 9.33. The number of hydrogen-bond donors (Lipinski definition) is 1. The van der Waals surface area contributed by atoms with Crippen molar-refractivity contribution in [2.75, 3.05) is 26.4 Å². The number of ether oxygens (including phenoxy) is 1. The molecule has 0 amide bonds. The number of nitrogen functional groups attached to an aromatic ring is 1. The summed E-state index contributed by atoms with van der Waals surface area (Å²) in [6.45, 7) is 2.68. The van der Waals surface area contributed by atoms with Crippen LogP contribution in [0.15, 0.2) is 18.2 Å². The molecule has 1 unspecified atom stereocenters. The first kappa shape index (κ1) is 12.1. The average molecular weight is 229 g/mol. The third-order valence-electron chi connectivity index (χ3n) is 2.32. The van der Waals surface area contributed by atoms with E-state index in [0.29, 0.717) is 29.1 Å². The summed E-state index contributed by atoms with van der Waals surface area (Å²) in [5.74, 6) is 0.644. The van der Waals surface area contributed by atoms with Crippen molar-refractivity contribution in [3.05, 3.63) is 23.2 Å². The summed E-state index contributed by atoms with van der Waals surface area (Å²) in [7, 11) is 4.02. The molecule has 2 N–H and O–H groups in total. The van der Waals surface area contributed by atoms with Crippen LogP contribution < -0.4 is 10.5 Å². The maximum atomic E-state index is 5.97. The van der Waals surface area contributed by atoms with Gasteiger partial charge in [-0.05, 0) is 33.2 Å². The first-order valence-corrected chi connectivity index (χ1v) is 5.22. The Morgan fingerprint density at radius 2 is 2.13 bits per heavy atom. The monoisotopic (exact) mass is 228 g/mol. The highest BCUT2D eigenvalue weighted by molar-refractivity contribution is 6.32. The summed E-state index contributed by atoms with van der Waals surface area (Å²) in [6, 6.07) is 5.57. The van der Waals surface area contributed by atoms with Crippen LogP contribution in [-0.2, 0) is 0 Å². The van der Waals surface area contributed by atoms with E-state index >= 15 is 0 Å². The highest BCUT2D eigenvalue weighted by atomic mass is 35.5. The standard InChI is InChI=1S/C11H17ClN2O/c1-8(14(2)3)7-15-11-6-9(13)4-5-10(11)12/h4-6,8H,7,13H2,1-3H3. The van der Waals surface area contributed by atoms with E-state index in [0.717, 1.165) is 0 Å². The first-order chi connectivity index (χ1) is 7.00. The van der Waals surface area contributed by atoms with Gasteiger partial charge in [0.25, 0.3) is 0 Å². The Morgan fingerprint density at radius 1 is 1.47 bits per heavy atom. The molecule has 0 aliphatic heterocycles. The van der Waals surface area contributed by atoms with Crippen LogP contribution in [0.5, 0.6) is 5.75 Å². The van der Waals surface area contributed by atoms with Gasteiger partial charge in [-0.25, -0.2) is 0 Å². The van der Waals surface area contributed by atoms with Gasteiger partial charge in [0.2, 0.25) is 0 Å². The third-order valence-corrected chi connectivity index (χ3v) is 2.63. The maximum absolute atomic E-state index is 5.97. The van der Waals surface area contributed by atoms with Gasteiger partial charge in [0.05, 0.1) is 5.02 Å². The Morgan fingerprint density at radius 3 is 2.73 bits per heavy atom. The van der Waals surface area contributed by atoms with Gasteiger partial charge in [0.1, 0.15) is 12.4 Å². The lowest BCUT2D eigenvalue weighted by atomic mass is 10.3. The molecular formula is C11H17ClN2O. The van der Waals surface area contributed by atoms with Crippen LogP contribution >= 0.6 is 11.6 Å². The predicted molar refractivity (Wildman–Crippen MR) is 64.5 cm³/mol. The van der Waals surface area contributed by atoms with Crippen LogP contribution in [0.1, 0.15) is 6.92 Å². The summed E-state index contributed by atoms with van der Waals surface area (Å²) < 4.78 is 5.59. The van der Waals surface area contributed by atoms with E-state index < -0.39 is 0 Å². The summed E-state index contributed by atoms with van der Waals surface area (Å²) in [5, 5.41) is 0.593. The van der Waals surface area contributed by atoms with E-state index in [1.165, 1.54) is 0 Å². The van der Waals surface area contributed by atoms with Crippen LogP contribution in [0.2, 0.25) is 5.02 Å². The molecule has 0 spiro atoms. The van der Waals surface area contributed by atoms with Gasteiger partial charge in [0.15, 0.2) is 0 Å². The molecule has 0 heterocycles. The first-order valence-electron chi connectivity index (χ1n) is 4.85. The molecule has 1 rings (SSSR count). The Labute approximate surface area is 95.8 Å². The fourth-order valence-corrected chi connectivity index (χ4v) is 1.16. The lowest BCUT2D eigenvalue weighted by Gasteiger charge is -2.20. The lowest BCUT2D eigenvalue weighted by Crippen LogP contribution is -2.30. The van der Waals surface area contributed by atoms with Gasteiger partial charge in [-0.2, -0.15) is 0 Å². The Balaban J connectivity index is 2.61. The minimum atomic E-state index is 0.336. The van der Waals surface area contributed by atoms with Crippen molar-refractivity contribution in [3.63, 3.8) is 0 Å². The van der Waals surface area contributed by atoms with Crippen molar-refractivity contribution in [3.8, 4) is 5.75 Å². The van der Waals surface area contributed by atoms with E-state index in [1.807, 2.05) is 14.1 Å². The van der Waals surface area contributed by atoms with E-state index in [9.17, 15) is 0 Å². The molecule has 1 atom stereocenters. The van der Waals surface area contributed by atoms with Crippen LogP contribution in [0, 0.1) is 0 Å². The molecule has 3 nitrogen and oxygen atoms in total. The van der Waals surface area contributed by atoms with Crippen molar-refractivity contribution < 1.29 is 4.74 Å². The lowest BCUT2D eigenvalue weighted by molar-refractivity contribution is 0.198. The molecular weight excluding hydrogens is 212 g/mol. The Bertz CT molecular complexity index is 328. The minimum Gasteiger partial charge on any atom is -0.490 e. The van der Waals surface area contributed by atoms with Crippen molar-refractivity contribution in [2.45, 2.75) is 13.0 Å². The van der Waals surface area contributed by atoms with Crippen LogP contribution in [0.3, 0.4) is 0 Å². The Hall–Kier alpha value is -0.930. The molecule has 1 aromatic carbocycles. The zero-order chi connectivity index (χ0) is 11.4. The van der Waals surface area contributed by atoms with E-state index in [4.69, 9.17) is 22.1 Å². The SMILES string of the molecule is CC(COc1cc(N)ccc1Cl)N(C)C. The summed E-state index contributed by atoms with van der Waals surface area (Å²) in [5.41, 5.74) is 6.30. The Kier molecular flexibility index (Phi) is 4.24. The number of hydrogen-bond acceptors (Lipinski definition) is 3. The van der Waals surface area contributed by atoms with E-state index in [-0.39, 0.29) is 0 Å². The van der Waals surface area contributed by atoms with Crippen molar-refractivity contribution in [2.24, 2.45) is 0 Å². The van der Waals surface area contributed by atoms with Crippen molar-refractivity contribution in [1.82, 2.24) is 4.90 Å². The summed E-state index contributed by atoms with van der Waals surface area (Å²) in [4.78, 5) is 2.08. The van der Waals surface area contributed by atoms with Gasteiger partial charge in [-0.1, -0.05) is 11.6 Å². The van der Waals surface area contributed by atoms with E-state index in [1.54, 1.807) is 18.2 Å². The number of likely N-dealkylation sites (N-methyl/N-ethyl adjacent to an activating group) is 1. The third kappa shape index (κ3) is 3.61. The summed E-state index contributed by atoms with van der Waals surface area (Å²) >= 11 is 5.97. The fourth-order valence-electron chi connectivity index (χ4n) is 0.990. The predicted octanol–water partition coefficient (Wildman–Crippen LogP) is 2.25. The highest BCUT2D eigenvalue weighted by Crippen LogP contribution is 2.26. The van der Waals surface area contributed by atoms with Crippen molar-refractivity contribution in [1.29, 1.82) is 0 Å². The van der Waals surface area contributed by atoms with Crippen LogP contribution in [-0.4, -0.2) is 31.6 Å². The summed E-state index contributed by atoms with van der Waals surface area (Å²) in [6.07, 6.45) is 0. The number of halogens is 1. The van der Waals surface area contributed by atoms with Gasteiger partial charge in [-0.15, -0.1) is 0 Å². The molecule has 4 heteroatoms. The second-order valence-electron chi connectivity index (χ2n) is 3.81. The number of benzene rings is 1. The normalized spacial score (nSPS) is 12.9. The maximum Gasteiger partial charge on any atom is 0.140 e. The molecule has 0 radical (unpaired) electrons. The largest absolute Gasteiger partial charge is 0.490 e. The van der Waals surface area contributed by atoms with Crippen LogP contribution in [0.25, 0.3) is 0 Å². The molecule has 0 saturated carbocycles. The topological polar surface area (TPSA) is 38.5 Å². The smallest absolute Gasteiger partial charge is 0.140 e. The van der Waals surface area contributed by atoms with Gasteiger partial charge < -0.3 is 15.4 Å². The molecule has 0 saturated heterocycles. The number of nitrogens with zero attached hydrogens (tertiary/aromatic N) is 1. The van der Waals surface area contributed by atoms with Crippen LogP contribution in [0.4, 0.5) is 5.69 Å². The number of anilines is 1. The van der Waals surface area contributed by atoms with Gasteiger partial charge in [-0.3, -0.25) is 0 Å². The molecule has 1 aromatic rings. The van der Waals surface area contributed by atoms with E-state index in [2.05, 4.69) is 11.8 Å². The minimum absolute atomic E-state index is 0.336. The molecule has 0 aromatic heterocycles. The number of rotatable bonds is 4. The zero-order valence-corrected chi connectivity index (χ0v) is 10.1. The highest BCUT2D eigenvalue weighted by Gasteiger charge is 2.07. The molecule has 15 heavy (non-hydrogen) atoms. The second-order valence-corrected chi connectivity index (χ2v) is 4.22. The van der Waals surface area contributed by atoms with Crippen molar-refractivity contribution >= 4 is 17.3 Å². The molecule has 84 valence electrons. The average Bonchev–Trinajstić information content (AvgIpc) is 2.18. The van der Waals surface area contributed by atoms with Gasteiger partial charge >= 0.3 is 0 Å². The fraction of sp³-hybridized carbons (Fsp3) is 0.455. The molecule has 0 fully saturated rings. The quantitative estimate of drug-likeness (QED) is 0.804. The van der Waals surface area contributed by atoms with Gasteiger partial charge in [0, 0.05) is 17.8 Å².